The first-order chi connectivity index (χ1) is 14.3. The first-order valence-corrected chi connectivity index (χ1v) is 10.9. The second kappa shape index (κ2) is 9.91. The van der Waals surface area contributed by atoms with Gasteiger partial charge in [0.05, 0.1) is 28.8 Å². The largest absolute Gasteiger partial charge is 0.462 e. The first kappa shape index (κ1) is 22.7. The van der Waals surface area contributed by atoms with E-state index in [4.69, 9.17) is 14.6 Å². The maximum atomic E-state index is 12.9. The molecule has 0 radical (unpaired) electrons. The molecule has 2 heterocycles. The summed E-state index contributed by atoms with van der Waals surface area (Å²) in [5.41, 5.74) is 2.23. The van der Waals surface area contributed by atoms with Crippen molar-refractivity contribution in [3.8, 4) is 5.75 Å². The predicted octanol–water partition coefficient (Wildman–Crippen LogP) is 2.15. The van der Waals surface area contributed by atoms with E-state index in [9.17, 15) is 9.59 Å². The standard InChI is InChI=1S/C21H28BrN3O5/c1-4-29-21(28)20-15-11-19(30-14(2)27)16(22)12-17(15)23(3)18(20)13-25-7-5-24(6-8-25)9-10-26/h11-12,26H,4-10,13H2,1-3H3. The van der Waals surface area contributed by atoms with Crippen LogP contribution in [0.1, 0.15) is 29.9 Å². The molecule has 30 heavy (non-hydrogen) atoms. The van der Waals surface area contributed by atoms with Crippen molar-refractivity contribution in [1.82, 2.24) is 14.4 Å². The van der Waals surface area contributed by atoms with E-state index in [2.05, 4.69) is 25.7 Å². The second-order valence-electron chi connectivity index (χ2n) is 7.34. The van der Waals surface area contributed by atoms with Crippen LogP contribution in [0.15, 0.2) is 16.6 Å². The topological polar surface area (TPSA) is 84.2 Å². The number of nitrogens with zero attached hydrogens (tertiary/aromatic N) is 3. The number of hydrogen-bond acceptors (Lipinski definition) is 7. The summed E-state index contributed by atoms with van der Waals surface area (Å²) in [5, 5.41) is 9.84. The zero-order valence-electron chi connectivity index (χ0n) is 17.6. The van der Waals surface area contributed by atoms with Gasteiger partial charge in [0.1, 0.15) is 5.75 Å². The number of carbonyl (C=O) groups is 2. The van der Waals surface area contributed by atoms with Crippen molar-refractivity contribution in [1.29, 1.82) is 0 Å². The van der Waals surface area contributed by atoms with E-state index in [0.29, 0.717) is 34.3 Å². The van der Waals surface area contributed by atoms with E-state index in [-0.39, 0.29) is 19.2 Å². The van der Waals surface area contributed by atoms with E-state index in [1.54, 1.807) is 13.0 Å². The van der Waals surface area contributed by atoms with Crippen molar-refractivity contribution in [2.45, 2.75) is 20.4 Å². The highest BCUT2D eigenvalue weighted by Crippen LogP contribution is 2.36. The van der Waals surface area contributed by atoms with Crippen LogP contribution >= 0.6 is 15.9 Å². The van der Waals surface area contributed by atoms with Gasteiger partial charge in [-0.05, 0) is 35.0 Å². The number of aryl methyl sites for hydroxylation is 1. The average Bonchev–Trinajstić information content (AvgIpc) is 2.95. The molecule has 0 spiro atoms. The van der Waals surface area contributed by atoms with Crippen LogP contribution in [0.3, 0.4) is 0 Å². The van der Waals surface area contributed by atoms with E-state index >= 15 is 0 Å². The van der Waals surface area contributed by atoms with Crippen LogP contribution in [-0.4, -0.2) is 77.3 Å². The summed E-state index contributed by atoms with van der Waals surface area (Å²) in [6.07, 6.45) is 0. The lowest BCUT2D eigenvalue weighted by atomic mass is 10.1. The summed E-state index contributed by atoms with van der Waals surface area (Å²) in [6.45, 7) is 8.31. The third kappa shape index (κ3) is 4.85. The van der Waals surface area contributed by atoms with E-state index in [1.807, 2.05) is 17.7 Å². The maximum absolute atomic E-state index is 12.9. The average molecular weight is 482 g/mol. The highest BCUT2D eigenvalue weighted by atomic mass is 79.9. The highest BCUT2D eigenvalue weighted by molar-refractivity contribution is 9.10. The van der Waals surface area contributed by atoms with Crippen molar-refractivity contribution in [3.05, 3.63) is 27.9 Å². The number of aromatic nitrogens is 1. The molecule has 0 saturated carbocycles. The fraction of sp³-hybridized carbons (Fsp3) is 0.524. The van der Waals surface area contributed by atoms with Crippen LogP contribution in [0.5, 0.6) is 5.75 Å². The molecule has 8 nitrogen and oxygen atoms in total. The molecular formula is C21H28BrN3O5. The number of carbonyl (C=O) groups excluding carboxylic acids is 2. The fourth-order valence-electron chi connectivity index (χ4n) is 3.86. The number of esters is 2. The molecule has 1 aliphatic heterocycles. The number of hydrogen-bond donors (Lipinski definition) is 1. The zero-order valence-corrected chi connectivity index (χ0v) is 19.2. The summed E-state index contributed by atoms with van der Waals surface area (Å²) >= 11 is 3.46. The number of halogens is 1. The van der Waals surface area contributed by atoms with Crippen molar-refractivity contribution in [3.63, 3.8) is 0 Å². The number of benzene rings is 1. The van der Waals surface area contributed by atoms with Gasteiger partial charge in [0.2, 0.25) is 0 Å². The molecule has 0 unspecified atom stereocenters. The molecule has 1 aromatic carbocycles. The monoisotopic (exact) mass is 481 g/mol. The molecule has 1 aromatic heterocycles. The third-order valence-corrected chi connectivity index (χ3v) is 5.98. The number of aliphatic hydroxyl groups is 1. The summed E-state index contributed by atoms with van der Waals surface area (Å²) in [5.74, 6) is -0.437. The van der Waals surface area contributed by atoms with Crippen LogP contribution in [-0.2, 0) is 23.1 Å². The number of aliphatic hydroxyl groups excluding tert-OH is 1. The molecule has 1 aliphatic rings. The van der Waals surface area contributed by atoms with Crippen molar-refractivity contribution in [2.75, 3.05) is 45.9 Å². The molecule has 1 N–H and O–H groups in total. The Bertz CT molecular complexity index is 935. The van der Waals surface area contributed by atoms with Crippen LogP contribution in [0.4, 0.5) is 0 Å². The van der Waals surface area contributed by atoms with Crippen molar-refractivity contribution >= 4 is 38.8 Å². The van der Waals surface area contributed by atoms with E-state index in [1.165, 1.54) is 6.92 Å². The maximum Gasteiger partial charge on any atom is 0.340 e. The quantitative estimate of drug-likeness (QED) is 0.478. The summed E-state index contributed by atoms with van der Waals surface area (Å²) in [4.78, 5) is 28.9. The molecule has 1 saturated heterocycles. The zero-order chi connectivity index (χ0) is 21.8. The van der Waals surface area contributed by atoms with Gasteiger partial charge >= 0.3 is 11.9 Å². The first-order valence-electron chi connectivity index (χ1n) is 10.1. The molecule has 0 aliphatic carbocycles. The van der Waals surface area contributed by atoms with Gasteiger partial charge in [0, 0.05) is 64.3 Å². The third-order valence-electron chi connectivity index (χ3n) is 5.36. The van der Waals surface area contributed by atoms with Gasteiger partial charge < -0.3 is 19.1 Å². The highest BCUT2D eigenvalue weighted by Gasteiger charge is 2.26. The molecule has 0 bridgehead atoms. The Labute approximate surface area is 184 Å². The van der Waals surface area contributed by atoms with Crippen LogP contribution < -0.4 is 4.74 Å². The minimum atomic E-state index is -0.426. The van der Waals surface area contributed by atoms with Crippen molar-refractivity contribution < 1.29 is 24.2 Å². The molecule has 0 atom stereocenters. The minimum absolute atomic E-state index is 0.162. The van der Waals surface area contributed by atoms with Crippen LogP contribution in [0, 0.1) is 0 Å². The van der Waals surface area contributed by atoms with Gasteiger partial charge in [0.25, 0.3) is 0 Å². The van der Waals surface area contributed by atoms with Gasteiger partial charge in [-0.25, -0.2) is 4.79 Å². The predicted molar refractivity (Wildman–Crippen MR) is 117 cm³/mol. The Balaban J connectivity index is 2.00. The number of fused-ring (bicyclic) bond motifs is 1. The Hall–Kier alpha value is -1.94. The molecule has 0 amide bonds. The minimum Gasteiger partial charge on any atom is -0.462 e. The molecule has 9 heteroatoms. The normalized spacial score (nSPS) is 15.5. The van der Waals surface area contributed by atoms with Crippen LogP contribution in [0.25, 0.3) is 10.9 Å². The lowest BCUT2D eigenvalue weighted by Crippen LogP contribution is -2.46. The molecule has 3 rings (SSSR count). The Morgan fingerprint density at radius 2 is 1.83 bits per heavy atom. The van der Waals surface area contributed by atoms with E-state index < -0.39 is 5.97 Å². The molecular weight excluding hydrogens is 454 g/mol. The Kier molecular flexibility index (Phi) is 7.51. The van der Waals surface area contributed by atoms with Crippen molar-refractivity contribution in [2.24, 2.45) is 7.05 Å². The Morgan fingerprint density at radius 1 is 1.17 bits per heavy atom. The van der Waals surface area contributed by atoms with Gasteiger partial charge in [-0.15, -0.1) is 0 Å². The SMILES string of the molecule is CCOC(=O)c1c(CN2CCN(CCO)CC2)n(C)c2cc(Br)c(OC(C)=O)cc12. The van der Waals surface area contributed by atoms with Gasteiger partial charge in [0.15, 0.2) is 0 Å². The fourth-order valence-corrected chi connectivity index (χ4v) is 4.27. The van der Waals surface area contributed by atoms with E-state index in [0.717, 1.165) is 37.4 Å². The number of piperazine rings is 1. The summed E-state index contributed by atoms with van der Waals surface area (Å²) in [7, 11) is 1.93. The lowest BCUT2D eigenvalue weighted by molar-refractivity contribution is -0.131. The number of rotatable bonds is 7. The smallest absolute Gasteiger partial charge is 0.340 e. The molecule has 2 aromatic rings. The van der Waals surface area contributed by atoms with Gasteiger partial charge in [-0.3, -0.25) is 14.6 Å². The summed E-state index contributed by atoms with van der Waals surface area (Å²) < 4.78 is 13.3. The van der Waals surface area contributed by atoms with Gasteiger partial charge in [-0.2, -0.15) is 0 Å². The molecule has 164 valence electrons. The Morgan fingerprint density at radius 3 is 2.43 bits per heavy atom. The van der Waals surface area contributed by atoms with Gasteiger partial charge in [-0.1, -0.05) is 0 Å². The second-order valence-corrected chi connectivity index (χ2v) is 8.19. The molecule has 1 fully saturated rings. The lowest BCUT2D eigenvalue weighted by Gasteiger charge is -2.34. The number of β-amino-alcohol motifs (C(OH)–C–C–N with tert-alkyl or cyclic N) is 1. The number of ether oxygens (including phenoxy) is 2. The summed E-state index contributed by atoms with van der Waals surface area (Å²) in [6, 6.07) is 3.58. The van der Waals surface area contributed by atoms with Crippen LogP contribution in [0.2, 0.25) is 0 Å².